The van der Waals surface area contributed by atoms with Crippen LogP contribution in [0.4, 0.5) is 14.5 Å². The number of rotatable bonds is 3. The van der Waals surface area contributed by atoms with Gasteiger partial charge in [0, 0.05) is 25.6 Å². The summed E-state index contributed by atoms with van der Waals surface area (Å²) in [5.74, 6) is -3.67. The van der Waals surface area contributed by atoms with E-state index in [0.29, 0.717) is 0 Å². The van der Waals surface area contributed by atoms with Gasteiger partial charge in [-0.05, 0) is 18.2 Å². The van der Waals surface area contributed by atoms with Crippen LogP contribution in [0.5, 0.6) is 0 Å². The normalized spacial score (nSPS) is 20.8. The summed E-state index contributed by atoms with van der Waals surface area (Å²) >= 11 is 0. The van der Waals surface area contributed by atoms with Crippen LogP contribution in [-0.4, -0.2) is 46.5 Å². The lowest BCUT2D eigenvalue weighted by molar-refractivity contribution is -0.149. The fourth-order valence-corrected chi connectivity index (χ4v) is 2.26. The monoisotopic (exact) mass is 312 g/mol. The second-order valence-corrected chi connectivity index (χ2v) is 5.12. The van der Waals surface area contributed by atoms with Crippen LogP contribution in [0.2, 0.25) is 0 Å². The van der Waals surface area contributed by atoms with Crippen LogP contribution in [0.3, 0.4) is 0 Å². The van der Waals surface area contributed by atoms with Gasteiger partial charge >= 0.3 is 5.97 Å². The van der Waals surface area contributed by atoms with Gasteiger partial charge in [0.05, 0.1) is 12.1 Å². The maximum absolute atomic E-state index is 14.0. The van der Waals surface area contributed by atoms with Crippen molar-refractivity contribution < 1.29 is 28.3 Å². The third-order valence-electron chi connectivity index (χ3n) is 3.41. The number of aliphatic carboxylic acids is 1. The van der Waals surface area contributed by atoms with E-state index in [4.69, 9.17) is 5.11 Å². The highest BCUT2D eigenvalue weighted by Crippen LogP contribution is 2.28. The molecule has 1 aliphatic rings. The van der Waals surface area contributed by atoms with Gasteiger partial charge in [-0.3, -0.25) is 9.59 Å². The van der Waals surface area contributed by atoms with E-state index >= 15 is 0 Å². The number of likely N-dealkylation sites (tertiary alicyclic amines) is 1. The smallest absolute Gasteiger partial charge is 0.343 e. The highest BCUT2D eigenvalue weighted by molar-refractivity contribution is 5.97. The number of amides is 2. The average Bonchev–Trinajstić information content (AvgIpc) is 2.84. The highest BCUT2D eigenvalue weighted by Gasteiger charge is 2.47. The van der Waals surface area contributed by atoms with Crippen LogP contribution in [0.15, 0.2) is 18.2 Å². The summed E-state index contributed by atoms with van der Waals surface area (Å²) in [6.07, 6.45) is -0.346. The third kappa shape index (κ3) is 3.05. The third-order valence-corrected chi connectivity index (χ3v) is 3.41. The molecule has 0 spiro atoms. The first-order valence-corrected chi connectivity index (χ1v) is 6.52. The number of nitrogens with zero attached hydrogens (tertiary/aromatic N) is 1. The zero-order chi connectivity index (χ0) is 16.5. The Bertz CT molecular complexity index is 650. The number of carbonyl (C=O) groups is 3. The van der Waals surface area contributed by atoms with E-state index < -0.39 is 29.9 Å². The van der Waals surface area contributed by atoms with E-state index in [1.54, 1.807) is 0 Å². The van der Waals surface area contributed by atoms with E-state index in [0.717, 1.165) is 17.0 Å². The summed E-state index contributed by atoms with van der Waals surface area (Å²) in [5.41, 5.74) is -2.64. The molecule has 0 saturated carbocycles. The quantitative estimate of drug-likeness (QED) is 0.884. The van der Waals surface area contributed by atoms with Crippen molar-refractivity contribution >= 4 is 23.5 Å². The van der Waals surface area contributed by atoms with Gasteiger partial charge in [-0.15, -0.1) is 0 Å². The van der Waals surface area contributed by atoms with Gasteiger partial charge < -0.3 is 15.3 Å². The molecule has 1 aliphatic heterocycles. The molecule has 2 N–H and O–H groups in total. The molecule has 1 heterocycles. The van der Waals surface area contributed by atoms with E-state index in [1.807, 2.05) is 0 Å². The molecule has 2 rings (SSSR count). The molecule has 6 nitrogen and oxygen atoms in total. The first-order valence-electron chi connectivity index (χ1n) is 6.52. The number of carboxylic acids is 1. The van der Waals surface area contributed by atoms with Crippen molar-refractivity contribution in [2.45, 2.75) is 19.0 Å². The number of carbonyl (C=O) groups excluding carboxylic acids is 2. The van der Waals surface area contributed by atoms with E-state index in [2.05, 4.69) is 5.32 Å². The van der Waals surface area contributed by atoms with Gasteiger partial charge in [0.15, 0.2) is 0 Å². The number of alkyl halides is 1. The Balaban J connectivity index is 2.23. The highest BCUT2D eigenvalue weighted by atomic mass is 19.1. The maximum atomic E-state index is 14.0. The summed E-state index contributed by atoms with van der Waals surface area (Å²) in [7, 11) is 0. The minimum absolute atomic E-state index is 0.120. The summed E-state index contributed by atoms with van der Waals surface area (Å²) in [6.45, 7) is 0.506. The number of benzene rings is 1. The zero-order valence-electron chi connectivity index (χ0n) is 11.7. The fraction of sp³-hybridized carbons (Fsp3) is 0.357. The summed E-state index contributed by atoms with van der Waals surface area (Å²) < 4.78 is 27.8. The molecule has 0 radical (unpaired) electrons. The van der Waals surface area contributed by atoms with Crippen LogP contribution in [-0.2, 0) is 9.59 Å². The topological polar surface area (TPSA) is 86.7 Å². The van der Waals surface area contributed by atoms with Crippen molar-refractivity contribution in [2.75, 3.05) is 18.4 Å². The van der Waals surface area contributed by atoms with Gasteiger partial charge in [0.25, 0.3) is 5.91 Å². The van der Waals surface area contributed by atoms with Gasteiger partial charge in [-0.2, -0.15) is 0 Å². The average molecular weight is 312 g/mol. The number of hydrogen-bond acceptors (Lipinski definition) is 3. The Morgan fingerprint density at radius 2 is 2.05 bits per heavy atom. The van der Waals surface area contributed by atoms with Crippen LogP contribution in [0, 0.1) is 5.82 Å². The predicted octanol–water partition coefficient (Wildman–Crippen LogP) is 1.42. The number of anilines is 1. The molecule has 1 unspecified atom stereocenters. The van der Waals surface area contributed by atoms with E-state index in [1.165, 1.54) is 13.0 Å². The SMILES string of the molecule is CC(=O)Nc1ccc(F)c(C(=O)N2CCC(F)(C(=O)O)C2)c1. The minimum Gasteiger partial charge on any atom is -0.479 e. The van der Waals surface area contributed by atoms with E-state index in [9.17, 15) is 23.2 Å². The van der Waals surface area contributed by atoms with Crippen molar-refractivity contribution in [1.82, 2.24) is 4.90 Å². The first-order chi connectivity index (χ1) is 10.2. The lowest BCUT2D eigenvalue weighted by Crippen LogP contribution is -2.39. The first kappa shape index (κ1) is 15.9. The molecular formula is C14H14F2N2O4. The molecule has 118 valence electrons. The van der Waals surface area contributed by atoms with Crippen LogP contribution in [0.25, 0.3) is 0 Å². The van der Waals surface area contributed by atoms with Crippen LogP contribution < -0.4 is 5.32 Å². The summed E-state index contributed by atoms with van der Waals surface area (Å²) in [5, 5.41) is 11.2. The molecule has 1 atom stereocenters. The van der Waals surface area contributed by atoms with Crippen molar-refractivity contribution in [3.05, 3.63) is 29.6 Å². The molecule has 1 fully saturated rings. The number of halogens is 2. The number of hydrogen-bond donors (Lipinski definition) is 2. The lowest BCUT2D eigenvalue weighted by atomic mass is 10.1. The Morgan fingerprint density at radius 1 is 1.36 bits per heavy atom. The minimum atomic E-state index is -2.51. The number of nitrogens with one attached hydrogen (secondary N) is 1. The van der Waals surface area contributed by atoms with Crippen molar-refractivity contribution in [3.63, 3.8) is 0 Å². The Labute approximate surface area is 124 Å². The summed E-state index contributed by atoms with van der Waals surface area (Å²) in [6, 6.07) is 3.43. The van der Waals surface area contributed by atoms with Crippen molar-refractivity contribution in [1.29, 1.82) is 0 Å². The molecule has 8 heteroatoms. The Kier molecular flexibility index (Phi) is 4.11. The van der Waals surface area contributed by atoms with Gasteiger partial charge in [-0.1, -0.05) is 0 Å². The lowest BCUT2D eigenvalue weighted by Gasteiger charge is -2.18. The maximum Gasteiger partial charge on any atom is 0.343 e. The largest absolute Gasteiger partial charge is 0.479 e. The van der Waals surface area contributed by atoms with Crippen molar-refractivity contribution in [2.24, 2.45) is 0 Å². The fourth-order valence-electron chi connectivity index (χ4n) is 2.26. The zero-order valence-corrected chi connectivity index (χ0v) is 11.7. The van der Waals surface area contributed by atoms with Crippen LogP contribution >= 0.6 is 0 Å². The molecule has 1 aromatic carbocycles. The molecule has 0 aromatic heterocycles. The van der Waals surface area contributed by atoms with Gasteiger partial charge in [-0.25, -0.2) is 13.6 Å². The van der Waals surface area contributed by atoms with Gasteiger partial charge in [0.2, 0.25) is 11.6 Å². The molecular weight excluding hydrogens is 298 g/mol. The molecule has 2 amide bonds. The van der Waals surface area contributed by atoms with Crippen molar-refractivity contribution in [3.8, 4) is 0 Å². The molecule has 1 aromatic rings. The van der Waals surface area contributed by atoms with E-state index in [-0.39, 0.29) is 30.1 Å². The second-order valence-electron chi connectivity index (χ2n) is 5.12. The summed E-state index contributed by atoms with van der Waals surface area (Å²) in [4.78, 5) is 35.0. The molecule has 0 bridgehead atoms. The Hall–Kier alpha value is -2.51. The molecule has 22 heavy (non-hydrogen) atoms. The Morgan fingerprint density at radius 3 is 2.59 bits per heavy atom. The molecule has 0 aliphatic carbocycles. The van der Waals surface area contributed by atoms with Crippen LogP contribution in [0.1, 0.15) is 23.7 Å². The standard InChI is InChI=1S/C14H14F2N2O4/c1-8(19)17-9-2-3-11(15)10(6-9)12(20)18-5-4-14(16,7-18)13(21)22/h2-3,6H,4-5,7H2,1H3,(H,17,19)(H,21,22). The van der Waals surface area contributed by atoms with Gasteiger partial charge in [0.1, 0.15) is 5.82 Å². The predicted molar refractivity (Wildman–Crippen MR) is 72.7 cm³/mol. The number of carboxylic acid groups (broad SMARTS) is 1. The second kappa shape index (κ2) is 5.70. The molecule has 1 saturated heterocycles.